The average Bonchev–Trinajstić information content (AvgIpc) is 3.15. The molecule has 166 valence electrons. The van der Waals surface area contributed by atoms with E-state index in [9.17, 15) is 4.79 Å². The summed E-state index contributed by atoms with van der Waals surface area (Å²) in [6.45, 7) is 7.32. The van der Waals surface area contributed by atoms with Gasteiger partial charge in [0.25, 0.3) is 0 Å². The predicted octanol–water partition coefficient (Wildman–Crippen LogP) is 4.13. The third-order valence-electron chi connectivity index (χ3n) is 6.23. The molecule has 0 aromatic carbocycles. The predicted molar refractivity (Wildman–Crippen MR) is 122 cm³/mol. The van der Waals surface area contributed by atoms with Crippen LogP contribution in [0.3, 0.4) is 0 Å². The Labute approximate surface area is 185 Å². The van der Waals surface area contributed by atoms with E-state index in [-0.39, 0.29) is 11.9 Å². The van der Waals surface area contributed by atoms with Crippen LogP contribution in [0.1, 0.15) is 73.8 Å². The fourth-order valence-corrected chi connectivity index (χ4v) is 4.90. The molecule has 7 heteroatoms. The third kappa shape index (κ3) is 5.79. The minimum Gasteiger partial charge on any atom is -0.352 e. The monoisotopic (exact) mass is 422 g/mol. The zero-order valence-corrected chi connectivity index (χ0v) is 18.9. The van der Waals surface area contributed by atoms with Crippen LogP contribution >= 0.6 is 0 Å². The third-order valence-corrected chi connectivity index (χ3v) is 6.23. The van der Waals surface area contributed by atoms with Crippen molar-refractivity contribution >= 4 is 17.5 Å². The first-order valence-electron chi connectivity index (χ1n) is 11.6. The molecule has 2 N–H and O–H groups in total. The van der Waals surface area contributed by atoms with Gasteiger partial charge >= 0.3 is 0 Å². The van der Waals surface area contributed by atoms with Crippen LogP contribution < -0.4 is 10.6 Å². The van der Waals surface area contributed by atoms with Crippen LogP contribution in [0, 0.1) is 20.8 Å². The van der Waals surface area contributed by atoms with Gasteiger partial charge in [0.1, 0.15) is 0 Å². The Morgan fingerprint density at radius 2 is 1.65 bits per heavy atom. The van der Waals surface area contributed by atoms with E-state index in [2.05, 4.69) is 31.6 Å². The van der Waals surface area contributed by atoms with Crippen LogP contribution in [0.2, 0.25) is 0 Å². The topological polar surface area (TPSA) is 83.0 Å². The van der Waals surface area contributed by atoms with Crippen molar-refractivity contribution in [1.29, 1.82) is 0 Å². The molecule has 4 rings (SSSR count). The summed E-state index contributed by atoms with van der Waals surface area (Å²) in [6.07, 6.45) is 8.08. The molecule has 1 aliphatic heterocycles. The second-order valence-electron chi connectivity index (χ2n) is 9.05. The maximum atomic E-state index is 12.7. The van der Waals surface area contributed by atoms with Gasteiger partial charge in [-0.3, -0.25) is 14.7 Å². The Bertz CT molecular complexity index is 904. The molecule has 0 spiro atoms. The minimum atomic E-state index is 0.147. The van der Waals surface area contributed by atoms with Gasteiger partial charge in [-0.25, -0.2) is 9.97 Å². The lowest BCUT2D eigenvalue weighted by Crippen LogP contribution is -2.42. The van der Waals surface area contributed by atoms with Gasteiger partial charge in [0.05, 0.1) is 18.3 Å². The zero-order chi connectivity index (χ0) is 21.8. The second kappa shape index (κ2) is 9.73. The number of aryl methyl sites for hydroxylation is 3. The molecule has 1 saturated heterocycles. The van der Waals surface area contributed by atoms with Gasteiger partial charge in [-0.1, -0.05) is 19.3 Å². The molecular weight excluding hydrogens is 388 g/mol. The van der Waals surface area contributed by atoms with Crippen molar-refractivity contribution in [3.8, 4) is 0 Å². The first kappa shape index (κ1) is 21.7. The minimum absolute atomic E-state index is 0.147. The average molecular weight is 423 g/mol. The van der Waals surface area contributed by atoms with Crippen molar-refractivity contribution in [3.05, 3.63) is 41.0 Å². The van der Waals surface area contributed by atoms with Crippen LogP contribution in [-0.2, 0) is 4.79 Å². The van der Waals surface area contributed by atoms with Gasteiger partial charge in [-0.15, -0.1) is 0 Å². The highest BCUT2D eigenvalue weighted by atomic mass is 16.2. The number of hydrogen-bond acceptors (Lipinski definition) is 6. The van der Waals surface area contributed by atoms with Gasteiger partial charge in [0.15, 0.2) is 0 Å². The maximum Gasteiger partial charge on any atom is 0.234 e. The summed E-state index contributed by atoms with van der Waals surface area (Å²) in [5, 5.41) is 6.59. The van der Waals surface area contributed by atoms with Crippen LogP contribution in [-0.4, -0.2) is 44.9 Å². The van der Waals surface area contributed by atoms with Gasteiger partial charge in [-0.05, 0) is 71.2 Å². The molecule has 0 radical (unpaired) electrons. The highest BCUT2D eigenvalue weighted by Gasteiger charge is 2.29. The van der Waals surface area contributed by atoms with Crippen LogP contribution in [0.4, 0.5) is 11.6 Å². The van der Waals surface area contributed by atoms with Crippen molar-refractivity contribution < 1.29 is 4.79 Å². The number of carbonyl (C=O) groups excluding carboxylic acids is 1. The van der Waals surface area contributed by atoms with Gasteiger partial charge in [0, 0.05) is 28.8 Å². The number of likely N-dealkylation sites (tertiary alicyclic amines) is 1. The van der Waals surface area contributed by atoms with Gasteiger partial charge in [-0.2, -0.15) is 0 Å². The molecule has 31 heavy (non-hydrogen) atoms. The standard InChI is InChI=1S/C24H34N6O/c1-16-12-17(2)27-24(26-16)29-20-13-18(3)25-21(14-20)22-10-7-11-30(22)15-23(31)28-19-8-5-4-6-9-19/h12-14,19,22H,4-11,15H2,1-3H3,(H,28,31)(H,25,26,27,29)/t22-/m0/s1. The fraction of sp³-hybridized carbons (Fsp3) is 0.583. The quantitative estimate of drug-likeness (QED) is 0.728. The molecule has 2 fully saturated rings. The van der Waals surface area contributed by atoms with Crippen molar-refractivity contribution in [2.45, 2.75) is 77.8 Å². The Hall–Kier alpha value is -2.54. The summed E-state index contributed by atoms with van der Waals surface area (Å²) in [6, 6.07) is 6.57. The Morgan fingerprint density at radius 3 is 2.39 bits per heavy atom. The highest BCUT2D eigenvalue weighted by molar-refractivity contribution is 5.78. The lowest BCUT2D eigenvalue weighted by atomic mass is 9.95. The summed E-state index contributed by atoms with van der Waals surface area (Å²) in [7, 11) is 0. The zero-order valence-electron chi connectivity index (χ0n) is 18.9. The summed E-state index contributed by atoms with van der Waals surface area (Å²) < 4.78 is 0. The Morgan fingerprint density at radius 1 is 0.935 bits per heavy atom. The number of nitrogens with one attached hydrogen (secondary N) is 2. The number of anilines is 2. The molecule has 1 aliphatic carbocycles. The van der Waals surface area contributed by atoms with E-state index in [0.717, 1.165) is 60.7 Å². The largest absolute Gasteiger partial charge is 0.352 e. The first-order valence-corrected chi connectivity index (χ1v) is 11.6. The molecule has 3 heterocycles. The van der Waals surface area contributed by atoms with Crippen molar-refractivity contribution in [3.63, 3.8) is 0 Å². The molecule has 0 unspecified atom stereocenters. The van der Waals surface area contributed by atoms with E-state index in [4.69, 9.17) is 4.98 Å². The Kier molecular flexibility index (Phi) is 6.80. The first-order chi connectivity index (χ1) is 15.0. The fourth-order valence-electron chi connectivity index (χ4n) is 4.90. The summed E-state index contributed by atoms with van der Waals surface area (Å²) >= 11 is 0. The number of rotatable bonds is 6. The Balaban J connectivity index is 1.45. The summed E-state index contributed by atoms with van der Waals surface area (Å²) in [5.41, 5.74) is 4.77. The number of amides is 1. The number of aromatic nitrogens is 3. The van der Waals surface area contributed by atoms with Gasteiger partial charge < -0.3 is 10.6 Å². The number of hydrogen-bond donors (Lipinski definition) is 2. The molecule has 1 amide bonds. The molecule has 1 atom stereocenters. The number of nitrogens with zero attached hydrogens (tertiary/aromatic N) is 4. The lowest BCUT2D eigenvalue weighted by Gasteiger charge is -2.27. The molecule has 1 saturated carbocycles. The number of pyridine rings is 1. The van der Waals surface area contributed by atoms with Crippen LogP contribution in [0.5, 0.6) is 0 Å². The van der Waals surface area contributed by atoms with E-state index in [1.165, 1.54) is 19.3 Å². The van der Waals surface area contributed by atoms with E-state index in [0.29, 0.717) is 18.5 Å². The van der Waals surface area contributed by atoms with Crippen LogP contribution in [0.15, 0.2) is 18.2 Å². The molecule has 0 bridgehead atoms. The maximum absolute atomic E-state index is 12.7. The van der Waals surface area contributed by atoms with E-state index >= 15 is 0 Å². The van der Waals surface area contributed by atoms with E-state index in [1.54, 1.807) is 0 Å². The van der Waals surface area contributed by atoms with E-state index in [1.807, 2.05) is 32.9 Å². The molecule has 2 aromatic heterocycles. The van der Waals surface area contributed by atoms with Crippen molar-refractivity contribution in [1.82, 2.24) is 25.2 Å². The highest BCUT2D eigenvalue weighted by Crippen LogP contribution is 2.32. The molecule has 2 aliphatic rings. The SMILES string of the molecule is Cc1cc(Nc2nc(C)cc(C)n2)cc([C@@H]2CCCN2CC(=O)NC2CCCCC2)n1. The van der Waals surface area contributed by atoms with Crippen LogP contribution in [0.25, 0.3) is 0 Å². The normalized spacial score (nSPS) is 20.0. The van der Waals surface area contributed by atoms with E-state index < -0.39 is 0 Å². The molecule has 7 nitrogen and oxygen atoms in total. The molecular formula is C24H34N6O. The second-order valence-corrected chi connectivity index (χ2v) is 9.05. The summed E-state index contributed by atoms with van der Waals surface area (Å²) in [5.74, 6) is 0.748. The van der Waals surface area contributed by atoms with Gasteiger partial charge in [0.2, 0.25) is 11.9 Å². The summed E-state index contributed by atoms with van der Waals surface area (Å²) in [4.78, 5) is 28.7. The van der Waals surface area contributed by atoms with Crippen molar-refractivity contribution in [2.75, 3.05) is 18.4 Å². The number of carbonyl (C=O) groups is 1. The molecule has 2 aromatic rings. The lowest BCUT2D eigenvalue weighted by molar-refractivity contribution is -0.123. The smallest absolute Gasteiger partial charge is 0.234 e. The van der Waals surface area contributed by atoms with Crippen molar-refractivity contribution in [2.24, 2.45) is 0 Å².